The van der Waals surface area contributed by atoms with Gasteiger partial charge in [0.15, 0.2) is 0 Å². The van der Waals surface area contributed by atoms with Crippen molar-refractivity contribution in [1.29, 1.82) is 0 Å². The minimum Gasteiger partial charge on any atom is -0.463 e. The molecule has 0 saturated heterocycles. The Morgan fingerprint density at radius 3 is 2.46 bits per heavy atom. The van der Waals surface area contributed by atoms with Crippen molar-refractivity contribution < 1.29 is 14.6 Å². The van der Waals surface area contributed by atoms with Crippen LogP contribution in [-0.4, -0.2) is 23.3 Å². The van der Waals surface area contributed by atoms with Crippen LogP contribution in [0.3, 0.4) is 0 Å². The Labute approximate surface area is 80.1 Å². The summed E-state index contributed by atoms with van der Waals surface area (Å²) >= 11 is 0. The van der Waals surface area contributed by atoms with Crippen LogP contribution < -0.4 is 0 Å². The molecule has 1 unspecified atom stereocenters. The fourth-order valence-corrected chi connectivity index (χ4v) is 1.08. The lowest BCUT2D eigenvalue weighted by Crippen LogP contribution is -2.14. The second-order valence-electron chi connectivity index (χ2n) is 3.52. The first-order chi connectivity index (χ1) is 6.06. The standard InChI is InChI=1S/C10H20O3/c1-4-5-9(11)6-7-10(12)13-8(2)3/h8-9,11H,4-7H2,1-3H3. The molecule has 1 atom stereocenters. The van der Waals surface area contributed by atoms with Gasteiger partial charge in [-0.1, -0.05) is 13.3 Å². The molecule has 0 heterocycles. The van der Waals surface area contributed by atoms with E-state index in [2.05, 4.69) is 0 Å². The predicted octanol–water partition coefficient (Wildman–Crippen LogP) is 1.88. The van der Waals surface area contributed by atoms with Crippen LogP contribution in [0.4, 0.5) is 0 Å². The molecule has 0 aliphatic rings. The van der Waals surface area contributed by atoms with Crippen molar-refractivity contribution in [2.45, 2.75) is 58.7 Å². The van der Waals surface area contributed by atoms with Gasteiger partial charge in [0, 0.05) is 6.42 Å². The van der Waals surface area contributed by atoms with Crippen LogP contribution >= 0.6 is 0 Å². The summed E-state index contributed by atoms with van der Waals surface area (Å²) < 4.78 is 4.93. The second kappa shape index (κ2) is 6.89. The number of hydrogen-bond donors (Lipinski definition) is 1. The Hall–Kier alpha value is -0.570. The van der Waals surface area contributed by atoms with E-state index in [1.807, 2.05) is 20.8 Å². The highest BCUT2D eigenvalue weighted by Crippen LogP contribution is 2.05. The predicted molar refractivity (Wildman–Crippen MR) is 51.4 cm³/mol. The molecule has 0 amide bonds. The average molecular weight is 188 g/mol. The number of esters is 1. The van der Waals surface area contributed by atoms with Crippen molar-refractivity contribution in [1.82, 2.24) is 0 Å². The smallest absolute Gasteiger partial charge is 0.306 e. The Bertz CT molecular complexity index is 143. The molecule has 3 nitrogen and oxygen atoms in total. The third-order valence-electron chi connectivity index (χ3n) is 1.67. The summed E-state index contributed by atoms with van der Waals surface area (Å²) in [6.07, 6.45) is 2.12. The lowest BCUT2D eigenvalue weighted by molar-refractivity contribution is -0.148. The van der Waals surface area contributed by atoms with E-state index in [0.717, 1.165) is 12.8 Å². The summed E-state index contributed by atoms with van der Waals surface area (Å²) in [5.41, 5.74) is 0. The molecule has 0 fully saturated rings. The molecule has 0 saturated carbocycles. The molecule has 0 rings (SSSR count). The molecule has 0 aromatic heterocycles. The van der Waals surface area contributed by atoms with Gasteiger partial charge in [0.25, 0.3) is 0 Å². The molecule has 0 aromatic carbocycles. The third-order valence-corrected chi connectivity index (χ3v) is 1.67. The summed E-state index contributed by atoms with van der Waals surface area (Å²) in [6, 6.07) is 0. The Balaban J connectivity index is 3.46. The summed E-state index contributed by atoms with van der Waals surface area (Å²) in [6.45, 7) is 5.65. The molecule has 0 aliphatic carbocycles. The average Bonchev–Trinajstić information content (AvgIpc) is 2.00. The van der Waals surface area contributed by atoms with E-state index in [0.29, 0.717) is 12.8 Å². The lowest BCUT2D eigenvalue weighted by Gasteiger charge is -2.10. The van der Waals surface area contributed by atoms with Crippen molar-refractivity contribution >= 4 is 5.97 Å². The van der Waals surface area contributed by atoms with Gasteiger partial charge in [-0.2, -0.15) is 0 Å². The highest BCUT2D eigenvalue weighted by atomic mass is 16.5. The fraction of sp³-hybridized carbons (Fsp3) is 0.900. The van der Waals surface area contributed by atoms with E-state index in [-0.39, 0.29) is 18.2 Å². The van der Waals surface area contributed by atoms with E-state index in [9.17, 15) is 9.90 Å². The first-order valence-electron chi connectivity index (χ1n) is 4.93. The van der Waals surface area contributed by atoms with Crippen molar-refractivity contribution in [2.24, 2.45) is 0 Å². The zero-order valence-electron chi connectivity index (χ0n) is 8.75. The van der Waals surface area contributed by atoms with Gasteiger partial charge in [-0.05, 0) is 26.7 Å². The maximum Gasteiger partial charge on any atom is 0.306 e. The number of carbonyl (C=O) groups is 1. The fourth-order valence-electron chi connectivity index (χ4n) is 1.08. The van der Waals surface area contributed by atoms with Crippen LogP contribution in [0.1, 0.15) is 46.5 Å². The third kappa shape index (κ3) is 7.78. The molecule has 3 heteroatoms. The largest absolute Gasteiger partial charge is 0.463 e. The summed E-state index contributed by atoms with van der Waals surface area (Å²) in [5, 5.41) is 9.32. The minimum absolute atomic E-state index is 0.0594. The van der Waals surface area contributed by atoms with Crippen LogP contribution in [0, 0.1) is 0 Å². The molecule has 0 radical (unpaired) electrons. The Morgan fingerprint density at radius 2 is 2.00 bits per heavy atom. The topological polar surface area (TPSA) is 46.5 Å². The maximum absolute atomic E-state index is 11.0. The monoisotopic (exact) mass is 188 g/mol. The molecular formula is C10H20O3. The van der Waals surface area contributed by atoms with Gasteiger partial charge in [-0.3, -0.25) is 4.79 Å². The first-order valence-corrected chi connectivity index (χ1v) is 4.93. The Morgan fingerprint density at radius 1 is 1.38 bits per heavy atom. The van der Waals surface area contributed by atoms with Gasteiger partial charge in [0.1, 0.15) is 0 Å². The van der Waals surface area contributed by atoms with Crippen LogP contribution in [0.25, 0.3) is 0 Å². The maximum atomic E-state index is 11.0. The summed E-state index contributed by atoms with van der Waals surface area (Å²) in [7, 11) is 0. The van der Waals surface area contributed by atoms with Crippen LogP contribution in [0.15, 0.2) is 0 Å². The number of aliphatic hydroxyl groups excluding tert-OH is 1. The number of aliphatic hydroxyl groups is 1. The van der Waals surface area contributed by atoms with E-state index in [1.165, 1.54) is 0 Å². The zero-order valence-corrected chi connectivity index (χ0v) is 8.75. The molecule has 13 heavy (non-hydrogen) atoms. The highest BCUT2D eigenvalue weighted by molar-refractivity contribution is 5.69. The quantitative estimate of drug-likeness (QED) is 0.647. The van der Waals surface area contributed by atoms with Crippen molar-refractivity contribution in [3.05, 3.63) is 0 Å². The molecule has 0 bridgehead atoms. The van der Waals surface area contributed by atoms with Gasteiger partial charge in [0.05, 0.1) is 12.2 Å². The highest BCUT2D eigenvalue weighted by Gasteiger charge is 2.09. The SMILES string of the molecule is CCCC(O)CCC(=O)OC(C)C. The minimum atomic E-state index is -0.357. The first kappa shape index (κ1) is 12.4. The molecule has 78 valence electrons. The zero-order chi connectivity index (χ0) is 10.3. The molecule has 0 aliphatic heterocycles. The van der Waals surface area contributed by atoms with Crippen LogP contribution in [-0.2, 0) is 9.53 Å². The molecular weight excluding hydrogens is 168 g/mol. The van der Waals surface area contributed by atoms with E-state index in [1.54, 1.807) is 0 Å². The summed E-state index contributed by atoms with van der Waals surface area (Å²) in [5.74, 6) is -0.217. The van der Waals surface area contributed by atoms with Gasteiger partial charge in [0.2, 0.25) is 0 Å². The number of carbonyl (C=O) groups excluding carboxylic acids is 1. The molecule has 0 spiro atoms. The number of ether oxygens (including phenoxy) is 1. The molecule has 0 aromatic rings. The van der Waals surface area contributed by atoms with Crippen LogP contribution in [0.5, 0.6) is 0 Å². The Kier molecular flexibility index (Phi) is 6.59. The van der Waals surface area contributed by atoms with Crippen molar-refractivity contribution in [2.75, 3.05) is 0 Å². The van der Waals surface area contributed by atoms with E-state index < -0.39 is 0 Å². The number of hydrogen-bond acceptors (Lipinski definition) is 3. The van der Waals surface area contributed by atoms with E-state index in [4.69, 9.17) is 4.74 Å². The van der Waals surface area contributed by atoms with Crippen molar-refractivity contribution in [3.63, 3.8) is 0 Å². The van der Waals surface area contributed by atoms with Gasteiger partial charge >= 0.3 is 5.97 Å². The van der Waals surface area contributed by atoms with Gasteiger partial charge in [-0.15, -0.1) is 0 Å². The lowest BCUT2D eigenvalue weighted by atomic mass is 10.1. The van der Waals surface area contributed by atoms with Crippen LogP contribution in [0.2, 0.25) is 0 Å². The second-order valence-corrected chi connectivity index (χ2v) is 3.52. The van der Waals surface area contributed by atoms with Gasteiger partial charge < -0.3 is 9.84 Å². The number of rotatable bonds is 6. The normalized spacial score (nSPS) is 13.0. The van der Waals surface area contributed by atoms with Crippen molar-refractivity contribution in [3.8, 4) is 0 Å². The molecule has 1 N–H and O–H groups in total. The summed E-state index contributed by atoms with van der Waals surface area (Å²) in [4.78, 5) is 11.0. The van der Waals surface area contributed by atoms with E-state index >= 15 is 0 Å². The van der Waals surface area contributed by atoms with Gasteiger partial charge in [-0.25, -0.2) is 0 Å².